The van der Waals surface area contributed by atoms with Crippen molar-refractivity contribution in [3.05, 3.63) is 0 Å². The highest BCUT2D eigenvalue weighted by Crippen LogP contribution is 2.11. The fourth-order valence-electron chi connectivity index (χ4n) is 0.977. The fraction of sp³-hybridized carbons (Fsp3) is 1.00. The van der Waals surface area contributed by atoms with Gasteiger partial charge in [0.1, 0.15) is 0 Å². The lowest BCUT2D eigenvalue weighted by Gasteiger charge is -2.18. The Hall–Kier alpha value is 0.864. The molecule has 1 unspecified atom stereocenters. The summed E-state index contributed by atoms with van der Waals surface area (Å²) in [5.41, 5.74) is 1.57. The second kappa shape index (κ2) is 3.89. The van der Waals surface area contributed by atoms with Crippen molar-refractivity contribution in [1.82, 2.24) is 0 Å². The van der Waals surface area contributed by atoms with Crippen LogP contribution in [0.15, 0.2) is 0 Å². The van der Waals surface area contributed by atoms with Gasteiger partial charge in [-0.2, -0.15) is 0 Å². The molecule has 0 saturated heterocycles. The predicted octanol–water partition coefficient (Wildman–Crippen LogP) is 2.40. The van der Waals surface area contributed by atoms with Crippen molar-refractivity contribution in [2.24, 2.45) is 0 Å². The van der Waals surface area contributed by atoms with E-state index in [1.54, 1.807) is 5.67 Å². The standard InChI is InChI=1S/C6H18PSi2/c1-8(5-7)6-9(2,3)4/h5-7H2,1-4H3. The molecule has 0 nitrogen and oxygen atoms in total. The summed E-state index contributed by atoms with van der Waals surface area (Å²) in [6.07, 6.45) is 0. The first kappa shape index (κ1) is 9.86. The van der Waals surface area contributed by atoms with Crippen LogP contribution in [0, 0.1) is 0 Å². The molecule has 0 spiro atoms. The molecule has 1 radical (unpaired) electrons. The average Bonchev–Trinajstić information content (AvgIpc) is 1.62. The SMILES string of the molecule is C[Si](CP)C[Si](C)(C)C. The van der Waals surface area contributed by atoms with Gasteiger partial charge in [-0.3, -0.25) is 0 Å². The first-order valence-corrected chi connectivity index (χ1v) is 10.4. The van der Waals surface area contributed by atoms with Crippen LogP contribution in [0.25, 0.3) is 0 Å². The maximum Gasteiger partial charge on any atom is 0.0457 e. The molecular formula is C6H18PSi2. The third-order valence-electron chi connectivity index (χ3n) is 1.18. The average molecular weight is 177 g/mol. The van der Waals surface area contributed by atoms with Crippen molar-refractivity contribution in [2.75, 3.05) is 5.79 Å². The van der Waals surface area contributed by atoms with E-state index >= 15 is 0 Å². The Bertz CT molecular complexity index is 77.6. The summed E-state index contributed by atoms with van der Waals surface area (Å²) in [7, 11) is 2.19. The minimum Gasteiger partial charge on any atom is -0.141 e. The molecular weight excluding hydrogens is 159 g/mol. The van der Waals surface area contributed by atoms with Crippen LogP contribution >= 0.6 is 9.24 Å². The molecule has 0 aromatic heterocycles. The van der Waals surface area contributed by atoms with E-state index in [0.717, 1.165) is 0 Å². The normalized spacial score (nSPS) is 12.7. The third-order valence-corrected chi connectivity index (χ3v) is 10.6. The van der Waals surface area contributed by atoms with Crippen molar-refractivity contribution in [1.29, 1.82) is 0 Å². The lowest BCUT2D eigenvalue weighted by molar-refractivity contribution is 1.58. The van der Waals surface area contributed by atoms with Gasteiger partial charge >= 0.3 is 0 Å². The molecule has 9 heavy (non-hydrogen) atoms. The summed E-state index contributed by atoms with van der Waals surface area (Å²) in [6, 6.07) is 0. The van der Waals surface area contributed by atoms with Crippen molar-refractivity contribution < 1.29 is 0 Å². The summed E-state index contributed by atoms with van der Waals surface area (Å²) >= 11 is 0. The zero-order valence-corrected chi connectivity index (χ0v) is 10.1. The number of hydrogen-bond acceptors (Lipinski definition) is 0. The van der Waals surface area contributed by atoms with Crippen LogP contribution in [0.3, 0.4) is 0 Å². The first-order chi connectivity index (χ1) is 3.95. The summed E-state index contributed by atoms with van der Waals surface area (Å²) in [5.74, 6) is 1.37. The highest BCUT2D eigenvalue weighted by atomic mass is 31.0. The number of hydrogen-bond donors (Lipinski definition) is 0. The van der Waals surface area contributed by atoms with Crippen molar-refractivity contribution in [2.45, 2.75) is 31.9 Å². The van der Waals surface area contributed by atoms with Crippen LogP contribution in [0.1, 0.15) is 0 Å². The zero-order valence-electron chi connectivity index (χ0n) is 6.99. The van der Waals surface area contributed by atoms with Gasteiger partial charge in [-0.15, -0.1) is 9.24 Å². The number of rotatable bonds is 3. The van der Waals surface area contributed by atoms with E-state index in [4.69, 9.17) is 0 Å². The Morgan fingerprint density at radius 3 is 1.89 bits per heavy atom. The molecule has 0 N–H and O–H groups in total. The van der Waals surface area contributed by atoms with Gasteiger partial charge in [0.2, 0.25) is 0 Å². The maximum atomic E-state index is 2.86. The molecule has 0 aliphatic heterocycles. The van der Waals surface area contributed by atoms with Crippen LogP contribution in [-0.4, -0.2) is 22.7 Å². The molecule has 0 aliphatic rings. The third kappa shape index (κ3) is 6.75. The quantitative estimate of drug-likeness (QED) is 0.459. The molecule has 3 heteroatoms. The van der Waals surface area contributed by atoms with Crippen LogP contribution in [0.2, 0.25) is 31.9 Å². The van der Waals surface area contributed by atoms with Gasteiger partial charge in [0.25, 0.3) is 0 Å². The van der Waals surface area contributed by atoms with Gasteiger partial charge in [0.05, 0.1) is 0 Å². The zero-order chi connectivity index (χ0) is 7.49. The topological polar surface area (TPSA) is 0 Å². The molecule has 0 aliphatic carbocycles. The molecule has 55 valence electrons. The van der Waals surface area contributed by atoms with Crippen molar-refractivity contribution in [3.8, 4) is 0 Å². The van der Waals surface area contributed by atoms with E-state index in [-0.39, 0.29) is 8.80 Å². The van der Waals surface area contributed by atoms with Crippen LogP contribution < -0.4 is 0 Å². The minimum atomic E-state index is -0.709. The Labute approximate surface area is 64.3 Å². The van der Waals surface area contributed by atoms with Gasteiger partial charge < -0.3 is 0 Å². The van der Waals surface area contributed by atoms with Crippen LogP contribution in [-0.2, 0) is 0 Å². The van der Waals surface area contributed by atoms with E-state index in [1.807, 2.05) is 0 Å². The molecule has 0 saturated carbocycles. The van der Waals surface area contributed by atoms with Gasteiger partial charge in [0, 0.05) is 16.9 Å². The summed E-state index contributed by atoms with van der Waals surface area (Å²) in [4.78, 5) is 0. The summed E-state index contributed by atoms with van der Waals surface area (Å²) in [6.45, 7) is 9.82. The highest BCUT2D eigenvalue weighted by molar-refractivity contribution is 7.22. The Morgan fingerprint density at radius 2 is 1.78 bits per heavy atom. The molecule has 0 fully saturated rings. The van der Waals surface area contributed by atoms with Crippen molar-refractivity contribution in [3.63, 3.8) is 0 Å². The molecule has 0 aromatic carbocycles. The van der Waals surface area contributed by atoms with E-state index < -0.39 is 8.07 Å². The smallest absolute Gasteiger partial charge is 0.0457 e. The molecule has 0 amide bonds. The maximum absolute atomic E-state index is 2.86. The monoisotopic (exact) mass is 177 g/mol. The first-order valence-electron chi connectivity index (χ1n) is 3.47. The molecule has 0 rings (SSSR count). The van der Waals surface area contributed by atoms with Gasteiger partial charge in [-0.1, -0.05) is 31.9 Å². The largest absolute Gasteiger partial charge is 0.141 e. The Morgan fingerprint density at radius 1 is 1.33 bits per heavy atom. The van der Waals surface area contributed by atoms with E-state index in [0.29, 0.717) is 0 Å². The second-order valence-corrected chi connectivity index (χ2v) is 14.0. The van der Waals surface area contributed by atoms with E-state index in [1.165, 1.54) is 5.79 Å². The molecule has 0 aromatic rings. The summed E-state index contributed by atoms with van der Waals surface area (Å²) in [5, 5.41) is 0. The molecule has 0 heterocycles. The summed E-state index contributed by atoms with van der Waals surface area (Å²) < 4.78 is 0. The Kier molecular flexibility index (Phi) is 4.27. The molecule has 1 atom stereocenters. The Balaban J connectivity index is 3.47. The van der Waals surface area contributed by atoms with Crippen molar-refractivity contribution >= 4 is 26.1 Å². The van der Waals surface area contributed by atoms with Crippen LogP contribution in [0.5, 0.6) is 0 Å². The highest BCUT2D eigenvalue weighted by Gasteiger charge is 2.16. The fourth-order valence-corrected chi connectivity index (χ4v) is 10.1. The second-order valence-electron chi connectivity index (χ2n) is 3.90. The van der Waals surface area contributed by atoms with E-state index in [9.17, 15) is 0 Å². The molecule has 0 bridgehead atoms. The van der Waals surface area contributed by atoms with E-state index in [2.05, 4.69) is 35.4 Å². The van der Waals surface area contributed by atoms with Gasteiger partial charge in [-0.05, 0) is 5.79 Å². The minimum absolute atomic E-state index is 0.0383. The lowest BCUT2D eigenvalue weighted by atomic mass is 11.7. The predicted molar refractivity (Wildman–Crippen MR) is 54.3 cm³/mol. The van der Waals surface area contributed by atoms with Crippen LogP contribution in [0.4, 0.5) is 0 Å². The van der Waals surface area contributed by atoms with Gasteiger partial charge in [0.15, 0.2) is 0 Å². The van der Waals surface area contributed by atoms with Gasteiger partial charge in [-0.25, -0.2) is 0 Å². The lowest BCUT2D eigenvalue weighted by Crippen LogP contribution is -2.28.